The maximum Gasteiger partial charge on any atom is 0.305 e. The first kappa shape index (κ1) is 81.1. The summed E-state index contributed by atoms with van der Waals surface area (Å²) in [6.45, 7) is 4.94. The Morgan fingerprint density at radius 3 is 0.916 bits per heavy atom. The average molecular weight is 1170 g/mol. The average Bonchev–Trinajstić information content (AvgIpc) is 3.48. The molecule has 0 aromatic carbocycles. The van der Waals surface area contributed by atoms with Crippen molar-refractivity contribution in [3.05, 3.63) is 36.5 Å². The fourth-order valence-electron chi connectivity index (χ4n) is 11.9. The highest BCUT2D eigenvalue weighted by Crippen LogP contribution is 2.19. The molecule has 0 bridgehead atoms. The molecule has 0 aliphatic carbocycles. The maximum absolute atomic E-state index is 12.5. The molecular formula is C77H147NO5. The lowest BCUT2D eigenvalue weighted by molar-refractivity contribution is -0.143. The van der Waals surface area contributed by atoms with Gasteiger partial charge in [0.05, 0.1) is 25.4 Å². The van der Waals surface area contributed by atoms with Gasteiger partial charge in [0.1, 0.15) is 0 Å². The summed E-state index contributed by atoms with van der Waals surface area (Å²) < 4.78 is 5.49. The van der Waals surface area contributed by atoms with Crippen LogP contribution in [0.3, 0.4) is 0 Å². The van der Waals surface area contributed by atoms with Crippen LogP contribution in [0.15, 0.2) is 36.5 Å². The summed E-state index contributed by atoms with van der Waals surface area (Å²) in [5, 5.41) is 23.3. The molecule has 0 aromatic heterocycles. The van der Waals surface area contributed by atoms with Crippen molar-refractivity contribution in [2.45, 2.75) is 431 Å². The van der Waals surface area contributed by atoms with Crippen molar-refractivity contribution >= 4 is 11.9 Å². The third-order valence-corrected chi connectivity index (χ3v) is 17.7. The van der Waals surface area contributed by atoms with Crippen molar-refractivity contribution in [1.29, 1.82) is 0 Å². The highest BCUT2D eigenvalue weighted by Gasteiger charge is 2.18. The molecule has 0 radical (unpaired) electrons. The standard InChI is InChI=1S/C77H147NO5/c1-3-5-7-9-11-13-15-17-19-20-21-33-36-39-42-45-49-53-57-61-65-69-75(80)74(73-79)78-76(81)70-66-62-58-54-50-46-43-40-37-34-31-29-27-25-23-22-24-26-28-30-32-35-38-41-44-48-52-56-60-64-68-72-83-77(82)71-67-63-59-55-51-47-18-16-14-12-10-8-6-4-2/h24,26,30,32,65,69,74-75,79-80H,3-23,25,27-29,31,33-64,66-68,70-73H2,1-2H3,(H,78,81)/b26-24-,32-30-,69-65+. The van der Waals surface area contributed by atoms with E-state index >= 15 is 0 Å². The molecule has 0 aromatic rings. The van der Waals surface area contributed by atoms with Gasteiger partial charge in [0.2, 0.25) is 5.91 Å². The summed E-state index contributed by atoms with van der Waals surface area (Å²) in [5.74, 6) is -0.0475. The van der Waals surface area contributed by atoms with Gasteiger partial charge in [-0.2, -0.15) is 0 Å². The highest BCUT2D eigenvalue weighted by atomic mass is 16.5. The summed E-state index contributed by atoms with van der Waals surface area (Å²) in [5.41, 5.74) is 0. The molecule has 2 atom stereocenters. The van der Waals surface area contributed by atoms with E-state index in [0.717, 1.165) is 44.9 Å². The van der Waals surface area contributed by atoms with Crippen LogP contribution >= 0.6 is 0 Å². The molecule has 1 amide bonds. The molecule has 0 heterocycles. The zero-order valence-corrected chi connectivity index (χ0v) is 56.2. The van der Waals surface area contributed by atoms with Gasteiger partial charge in [-0.3, -0.25) is 9.59 Å². The number of rotatable bonds is 71. The van der Waals surface area contributed by atoms with Crippen LogP contribution in [0.4, 0.5) is 0 Å². The quantitative estimate of drug-likeness (QED) is 0.0320. The number of carbonyl (C=O) groups is 2. The van der Waals surface area contributed by atoms with Crippen LogP contribution < -0.4 is 5.32 Å². The van der Waals surface area contributed by atoms with Gasteiger partial charge in [0, 0.05) is 12.8 Å². The molecule has 0 saturated heterocycles. The van der Waals surface area contributed by atoms with E-state index in [0.29, 0.717) is 19.4 Å². The second kappa shape index (κ2) is 72.6. The Morgan fingerprint density at radius 1 is 0.337 bits per heavy atom. The predicted molar refractivity (Wildman–Crippen MR) is 366 cm³/mol. The molecule has 6 heteroatoms. The van der Waals surface area contributed by atoms with E-state index < -0.39 is 12.1 Å². The Bertz CT molecular complexity index is 1340. The molecule has 0 saturated carbocycles. The lowest BCUT2D eigenvalue weighted by Gasteiger charge is -2.20. The lowest BCUT2D eigenvalue weighted by atomic mass is 10.0. The van der Waals surface area contributed by atoms with Crippen molar-refractivity contribution < 1.29 is 24.5 Å². The third kappa shape index (κ3) is 69.1. The van der Waals surface area contributed by atoms with Gasteiger partial charge in [-0.05, 0) is 64.2 Å². The van der Waals surface area contributed by atoms with Gasteiger partial charge < -0.3 is 20.3 Å². The van der Waals surface area contributed by atoms with Gasteiger partial charge in [0.25, 0.3) is 0 Å². The number of hydrogen-bond donors (Lipinski definition) is 3. The van der Waals surface area contributed by atoms with Crippen molar-refractivity contribution in [3.8, 4) is 0 Å². The number of unbranched alkanes of at least 4 members (excludes halogenated alkanes) is 56. The second-order valence-corrected chi connectivity index (χ2v) is 26.0. The van der Waals surface area contributed by atoms with E-state index in [2.05, 4.69) is 43.5 Å². The van der Waals surface area contributed by atoms with Crippen LogP contribution in [0.2, 0.25) is 0 Å². The molecule has 6 nitrogen and oxygen atoms in total. The Morgan fingerprint density at radius 2 is 0.602 bits per heavy atom. The lowest BCUT2D eigenvalue weighted by Crippen LogP contribution is -2.45. The zero-order valence-electron chi connectivity index (χ0n) is 56.2. The minimum absolute atomic E-state index is 0.0158. The van der Waals surface area contributed by atoms with E-state index in [-0.39, 0.29) is 18.5 Å². The minimum atomic E-state index is -0.845. The number of aliphatic hydroxyl groups is 2. The summed E-state index contributed by atoms with van der Waals surface area (Å²) in [4.78, 5) is 24.6. The molecule has 0 aliphatic heterocycles. The summed E-state index contributed by atoms with van der Waals surface area (Å²) in [6.07, 6.45) is 93.9. The van der Waals surface area contributed by atoms with Gasteiger partial charge in [-0.1, -0.05) is 378 Å². The molecule has 2 unspecified atom stereocenters. The van der Waals surface area contributed by atoms with Crippen molar-refractivity contribution in [1.82, 2.24) is 5.32 Å². The van der Waals surface area contributed by atoms with Gasteiger partial charge in [-0.25, -0.2) is 0 Å². The topological polar surface area (TPSA) is 95.9 Å². The van der Waals surface area contributed by atoms with Crippen LogP contribution in [0, 0.1) is 0 Å². The van der Waals surface area contributed by atoms with Crippen LogP contribution in [0.25, 0.3) is 0 Å². The van der Waals surface area contributed by atoms with E-state index in [1.165, 1.54) is 347 Å². The van der Waals surface area contributed by atoms with Gasteiger partial charge >= 0.3 is 5.97 Å². The van der Waals surface area contributed by atoms with E-state index in [9.17, 15) is 19.8 Å². The summed E-state index contributed by atoms with van der Waals surface area (Å²) >= 11 is 0. The number of aliphatic hydroxyl groups excluding tert-OH is 2. The number of hydrogen-bond acceptors (Lipinski definition) is 5. The monoisotopic (exact) mass is 1170 g/mol. The third-order valence-electron chi connectivity index (χ3n) is 17.7. The fourth-order valence-corrected chi connectivity index (χ4v) is 11.9. The Labute approximate surface area is 519 Å². The number of nitrogens with one attached hydrogen (secondary N) is 1. The predicted octanol–water partition coefficient (Wildman–Crippen LogP) is 24.7. The first-order valence-electron chi connectivity index (χ1n) is 37.8. The smallest absolute Gasteiger partial charge is 0.305 e. The molecule has 0 spiro atoms. The fraction of sp³-hybridized carbons (Fsp3) is 0.896. The number of ether oxygens (including phenoxy) is 1. The van der Waals surface area contributed by atoms with Crippen molar-refractivity contribution in [3.63, 3.8) is 0 Å². The first-order chi connectivity index (χ1) is 41.0. The minimum Gasteiger partial charge on any atom is -0.466 e. The zero-order chi connectivity index (χ0) is 59.9. The van der Waals surface area contributed by atoms with E-state index in [1.54, 1.807) is 6.08 Å². The molecule has 0 fully saturated rings. The molecule has 0 rings (SSSR count). The largest absolute Gasteiger partial charge is 0.466 e. The SMILES string of the molecule is CCCCCCCCCCCCCCCCCCCCC/C=C/C(O)C(CO)NC(=O)CCCCCCCCCCCCCCCCC/C=C\C/C=C\CCCCCCCCCCCOC(=O)CCCCCCCCCCCCCCCC. The van der Waals surface area contributed by atoms with E-state index in [1.807, 2.05) is 6.08 Å². The Hall–Kier alpha value is -1.92. The van der Waals surface area contributed by atoms with Crippen LogP contribution in [0.5, 0.6) is 0 Å². The summed E-state index contributed by atoms with van der Waals surface area (Å²) in [6, 6.07) is -0.629. The number of amides is 1. The molecule has 3 N–H and O–H groups in total. The van der Waals surface area contributed by atoms with Crippen molar-refractivity contribution in [2.75, 3.05) is 13.2 Å². The normalized spacial score (nSPS) is 12.7. The molecule has 83 heavy (non-hydrogen) atoms. The highest BCUT2D eigenvalue weighted by molar-refractivity contribution is 5.76. The van der Waals surface area contributed by atoms with Crippen LogP contribution in [-0.4, -0.2) is 47.4 Å². The molecule has 490 valence electrons. The number of esters is 1. The van der Waals surface area contributed by atoms with Crippen LogP contribution in [-0.2, 0) is 14.3 Å². The van der Waals surface area contributed by atoms with Crippen molar-refractivity contribution in [2.24, 2.45) is 0 Å². The Balaban J connectivity index is 3.41. The number of carbonyl (C=O) groups excluding carboxylic acids is 2. The number of allylic oxidation sites excluding steroid dienone is 5. The van der Waals surface area contributed by atoms with E-state index in [4.69, 9.17) is 4.74 Å². The second-order valence-electron chi connectivity index (χ2n) is 26.0. The Kier molecular flexibility index (Phi) is 70.9. The van der Waals surface area contributed by atoms with Gasteiger partial charge in [0.15, 0.2) is 0 Å². The molecular weight excluding hydrogens is 1020 g/mol. The molecule has 0 aliphatic rings. The maximum atomic E-state index is 12.5. The summed E-state index contributed by atoms with van der Waals surface area (Å²) in [7, 11) is 0. The first-order valence-corrected chi connectivity index (χ1v) is 37.8. The van der Waals surface area contributed by atoms with Gasteiger partial charge in [-0.15, -0.1) is 0 Å². The van der Waals surface area contributed by atoms with Crippen LogP contribution in [0.1, 0.15) is 418 Å².